The van der Waals surface area contributed by atoms with E-state index in [0.29, 0.717) is 22.1 Å². The maximum absolute atomic E-state index is 11.6. The van der Waals surface area contributed by atoms with Gasteiger partial charge in [-0.1, -0.05) is 0 Å². The third-order valence-corrected chi connectivity index (χ3v) is 9.05. The highest BCUT2D eigenvalue weighted by Gasteiger charge is 2.15. The van der Waals surface area contributed by atoms with Crippen LogP contribution in [0.25, 0.3) is 20.2 Å². The quantitative estimate of drug-likeness (QED) is 0.131. The van der Waals surface area contributed by atoms with Crippen LogP contribution in [0.3, 0.4) is 0 Å². The van der Waals surface area contributed by atoms with Gasteiger partial charge in [-0.05, 0) is 106 Å². The smallest absolute Gasteiger partial charge is 0.348 e. The highest BCUT2D eigenvalue weighted by Crippen LogP contribution is 2.36. The molecule has 0 aliphatic heterocycles. The van der Waals surface area contributed by atoms with Crippen LogP contribution in [0.1, 0.15) is 19.3 Å². The maximum atomic E-state index is 11.6. The number of aromatic carboxylic acids is 1. The molecule has 0 spiro atoms. The first kappa shape index (κ1) is 29.2. The molecule has 2 aromatic carbocycles. The Morgan fingerprint density at radius 1 is 0.707 bits per heavy atom. The van der Waals surface area contributed by atoms with E-state index < -0.39 is 5.97 Å². The zero-order valence-electron chi connectivity index (χ0n) is 21.0. The number of hydrogen-bond acceptors (Lipinski definition) is 9. The van der Waals surface area contributed by atoms with Crippen LogP contribution in [0.15, 0.2) is 85.5 Å². The minimum Gasteiger partial charge on any atom is -0.477 e. The third-order valence-electron chi connectivity index (χ3n) is 5.50. The molecule has 0 aliphatic carbocycles. The summed E-state index contributed by atoms with van der Waals surface area (Å²) in [6, 6.07) is 18.7. The van der Waals surface area contributed by atoms with Gasteiger partial charge < -0.3 is 19.3 Å². The number of ether oxygens (including phenoxy) is 3. The Labute approximate surface area is 269 Å². The number of carbonyl (C=O) groups is 2. The van der Waals surface area contributed by atoms with Gasteiger partial charge in [-0.2, -0.15) is 0 Å². The number of nitrogens with zero attached hydrogens (tertiary/aromatic N) is 2. The summed E-state index contributed by atoms with van der Waals surface area (Å²) in [5.74, 6) is 1.33. The summed E-state index contributed by atoms with van der Waals surface area (Å²) in [7, 11) is 1.37. The largest absolute Gasteiger partial charge is 0.477 e. The molecule has 0 unspecified atom stereocenters. The number of pyridine rings is 2. The van der Waals surface area contributed by atoms with Gasteiger partial charge in [0.15, 0.2) is 11.5 Å². The van der Waals surface area contributed by atoms with E-state index in [2.05, 4.69) is 55.1 Å². The van der Waals surface area contributed by atoms with Crippen LogP contribution in [-0.2, 0) is 4.74 Å². The topological polar surface area (TPSA) is 108 Å². The number of thiophene rings is 2. The first-order valence-corrected chi connectivity index (χ1v) is 15.5. The number of carboxylic acids is 1. The van der Waals surface area contributed by atoms with Gasteiger partial charge in [0, 0.05) is 30.3 Å². The number of esters is 1. The van der Waals surface area contributed by atoms with E-state index in [1.54, 1.807) is 36.9 Å². The summed E-state index contributed by atoms with van der Waals surface area (Å²) in [5.41, 5.74) is 0. The summed E-state index contributed by atoms with van der Waals surface area (Å²) in [4.78, 5) is 31.7. The summed E-state index contributed by atoms with van der Waals surface area (Å²) >= 11 is 6.99. The van der Waals surface area contributed by atoms with E-state index in [0.717, 1.165) is 33.1 Å². The summed E-state index contributed by atoms with van der Waals surface area (Å²) in [5, 5.41) is 10.7. The molecule has 12 heteroatoms. The molecule has 8 nitrogen and oxygen atoms in total. The monoisotopic (exact) mass is 808 g/mol. The molecule has 4 aromatic heterocycles. The van der Waals surface area contributed by atoms with Crippen LogP contribution in [0.2, 0.25) is 0 Å². The van der Waals surface area contributed by atoms with Crippen LogP contribution in [0.5, 0.6) is 23.0 Å². The Morgan fingerprint density at radius 2 is 1.15 bits per heavy atom. The number of methoxy groups -OCH3 is 1. The highest BCUT2D eigenvalue weighted by molar-refractivity contribution is 14.1. The molecule has 6 rings (SSSR count). The SMILES string of the molecule is COC(=O)c1cc2c(Oc3ccc(I)cc3)cncc2s1.O=C(O)c1cc2c(Oc3ccc(I)cc3)cncc2s1. The predicted molar refractivity (Wildman–Crippen MR) is 176 cm³/mol. The average Bonchev–Trinajstić information content (AvgIpc) is 3.62. The molecule has 0 fully saturated rings. The fourth-order valence-corrected chi connectivity index (χ4v) is 6.17. The van der Waals surface area contributed by atoms with Crippen molar-refractivity contribution >= 4 is 100.0 Å². The van der Waals surface area contributed by atoms with E-state index in [1.165, 1.54) is 29.8 Å². The lowest BCUT2D eigenvalue weighted by Gasteiger charge is -2.06. The number of fused-ring (bicyclic) bond motifs is 2. The number of halogens is 2. The van der Waals surface area contributed by atoms with Crippen molar-refractivity contribution in [2.75, 3.05) is 7.11 Å². The van der Waals surface area contributed by atoms with Gasteiger partial charge in [0.25, 0.3) is 0 Å². The standard InChI is InChI=1S/C15H10INO3S.C14H8INO3S/c1-19-15(18)13-6-11-12(7-17-8-14(11)21-13)20-10-4-2-9(16)3-5-10;15-8-1-3-9(4-2-8)19-11-6-16-7-13-10(11)5-12(20-13)14(17)18/h2-8H,1H3;1-7H,(H,17,18). The van der Waals surface area contributed by atoms with Crippen molar-refractivity contribution in [3.8, 4) is 23.0 Å². The van der Waals surface area contributed by atoms with Crippen molar-refractivity contribution in [3.63, 3.8) is 0 Å². The van der Waals surface area contributed by atoms with Gasteiger partial charge in [0.05, 0.1) is 28.9 Å². The van der Waals surface area contributed by atoms with Crippen molar-refractivity contribution in [2.45, 2.75) is 0 Å². The zero-order valence-corrected chi connectivity index (χ0v) is 27.0. The molecule has 0 aliphatic rings. The maximum Gasteiger partial charge on any atom is 0.348 e. The lowest BCUT2D eigenvalue weighted by molar-refractivity contribution is 0.0605. The Balaban J connectivity index is 0.000000165. The molecule has 0 saturated heterocycles. The Morgan fingerprint density at radius 3 is 1.59 bits per heavy atom. The lowest BCUT2D eigenvalue weighted by Crippen LogP contribution is -1.96. The molecule has 41 heavy (non-hydrogen) atoms. The van der Waals surface area contributed by atoms with Gasteiger partial charge >= 0.3 is 11.9 Å². The molecular weight excluding hydrogens is 790 g/mol. The number of carboxylic acid groups (broad SMARTS) is 1. The van der Waals surface area contributed by atoms with Crippen LogP contribution in [-0.4, -0.2) is 34.1 Å². The molecule has 0 atom stereocenters. The minimum atomic E-state index is -0.939. The van der Waals surface area contributed by atoms with Crippen LogP contribution in [0.4, 0.5) is 0 Å². The number of rotatable bonds is 6. The summed E-state index contributed by atoms with van der Waals surface area (Å²) in [6.45, 7) is 0. The van der Waals surface area contributed by atoms with Gasteiger partial charge in [-0.25, -0.2) is 9.59 Å². The number of aromatic nitrogens is 2. The van der Waals surface area contributed by atoms with Crippen LogP contribution >= 0.6 is 67.9 Å². The second-order valence-corrected chi connectivity index (χ2v) is 12.9. The normalized spacial score (nSPS) is 10.6. The summed E-state index contributed by atoms with van der Waals surface area (Å²) in [6.07, 6.45) is 6.60. The van der Waals surface area contributed by atoms with Crippen molar-refractivity contribution in [2.24, 2.45) is 0 Å². The fourth-order valence-electron chi connectivity index (χ4n) is 3.60. The van der Waals surface area contributed by atoms with Crippen molar-refractivity contribution < 1.29 is 28.9 Å². The molecule has 4 heterocycles. The first-order valence-electron chi connectivity index (χ1n) is 11.7. The molecule has 0 bridgehead atoms. The molecule has 0 amide bonds. The lowest BCUT2D eigenvalue weighted by atomic mass is 10.3. The zero-order chi connectivity index (χ0) is 28.9. The Bertz CT molecular complexity index is 1850. The van der Waals surface area contributed by atoms with E-state index in [-0.39, 0.29) is 10.8 Å². The van der Waals surface area contributed by atoms with Crippen molar-refractivity contribution in [3.05, 3.63) is 102 Å². The molecular formula is C29H18I2N2O6S2. The molecule has 6 aromatic rings. The molecule has 1 N–H and O–H groups in total. The van der Waals surface area contributed by atoms with Crippen molar-refractivity contribution in [1.82, 2.24) is 9.97 Å². The number of benzene rings is 2. The van der Waals surface area contributed by atoms with Crippen LogP contribution < -0.4 is 9.47 Å². The molecule has 206 valence electrons. The van der Waals surface area contributed by atoms with Gasteiger partial charge in [0.2, 0.25) is 0 Å². The van der Waals surface area contributed by atoms with E-state index in [4.69, 9.17) is 19.3 Å². The number of hydrogen-bond donors (Lipinski definition) is 1. The second-order valence-electron chi connectivity index (χ2n) is 8.23. The third kappa shape index (κ3) is 7.12. The highest BCUT2D eigenvalue weighted by atomic mass is 127. The Hall–Kier alpha value is -3.34. The fraction of sp³-hybridized carbons (Fsp3) is 0.0345. The predicted octanol–water partition coefficient (Wildman–Crippen LogP) is 8.87. The minimum absolute atomic E-state index is 0.278. The summed E-state index contributed by atoms with van der Waals surface area (Å²) < 4.78 is 20.3. The van der Waals surface area contributed by atoms with E-state index in [9.17, 15) is 9.59 Å². The van der Waals surface area contributed by atoms with E-state index in [1.807, 2.05) is 48.5 Å². The van der Waals surface area contributed by atoms with Gasteiger partial charge in [-0.15, -0.1) is 22.7 Å². The average molecular weight is 808 g/mol. The molecule has 0 radical (unpaired) electrons. The van der Waals surface area contributed by atoms with Crippen LogP contribution in [0, 0.1) is 7.14 Å². The second kappa shape index (κ2) is 13.1. The first-order chi connectivity index (χ1) is 19.8. The van der Waals surface area contributed by atoms with Crippen molar-refractivity contribution in [1.29, 1.82) is 0 Å². The number of carbonyl (C=O) groups excluding carboxylic acids is 1. The van der Waals surface area contributed by atoms with Gasteiger partial charge in [0.1, 0.15) is 21.3 Å². The van der Waals surface area contributed by atoms with E-state index >= 15 is 0 Å². The molecule has 0 saturated carbocycles. The van der Waals surface area contributed by atoms with Gasteiger partial charge in [-0.3, -0.25) is 9.97 Å². The Kier molecular flexibility index (Phi) is 9.32.